The number of carbonyl (C=O) groups excluding carboxylic acids is 1. The summed E-state index contributed by atoms with van der Waals surface area (Å²) in [7, 11) is 1.48. The third kappa shape index (κ3) is 3.51. The molecule has 1 heterocycles. The van der Waals surface area contributed by atoms with E-state index in [0.717, 1.165) is 6.26 Å². The minimum absolute atomic E-state index is 0.00949. The topological polar surface area (TPSA) is 94.6 Å². The van der Waals surface area contributed by atoms with Crippen LogP contribution in [0.4, 0.5) is 0 Å². The molecule has 0 unspecified atom stereocenters. The van der Waals surface area contributed by atoms with Gasteiger partial charge in [0.25, 0.3) is 0 Å². The van der Waals surface area contributed by atoms with Crippen molar-refractivity contribution in [1.82, 2.24) is 4.98 Å². The van der Waals surface area contributed by atoms with E-state index in [1.54, 1.807) is 19.1 Å². The molecular weight excluding hydrogens is 276 g/mol. The van der Waals surface area contributed by atoms with Crippen LogP contribution >= 0.6 is 0 Å². The Labute approximate surface area is 120 Å². The molecule has 108 valence electrons. The molecule has 0 aliphatic rings. The molecular formula is C14H12N2O5. The zero-order valence-corrected chi connectivity index (χ0v) is 11.5. The highest BCUT2D eigenvalue weighted by molar-refractivity contribution is 5.86. The van der Waals surface area contributed by atoms with Crippen LogP contribution in [-0.4, -0.2) is 24.7 Å². The van der Waals surface area contributed by atoms with Crippen LogP contribution in [0.15, 0.2) is 28.9 Å². The third-order valence-electron chi connectivity index (χ3n) is 2.42. The quantitative estimate of drug-likeness (QED) is 0.780. The largest absolute Gasteiger partial charge is 0.497 e. The van der Waals surface area contributed by atoms with Gasteiger partial charge in [-0.15, -0.1) is 0 Å². The molecule has 0 atom stereocenters. The Balaban J connectivity index is 2.19. The van der Waals surface area contributed by atoms with Crippen LogP contribution in [0.1, 0.15) is 23.0 Å². The first kappa shape index (κ1) is 14.4. The van der Waals surface area contributed by atoms with E-state index in [-0.39, 0.29) is 18.4 Å². The molecule has 0 radical (unpaired) electrons. The van der Waals surface area contributed by atoms with Gasteiger partial charge in [-0.2, -0.15) is 10.2 Å². The van der Waals surface area contributed by atoms with Gasteiger partial charge in [-0.3, -0.25) is 0 Å². The summed E-state index contributed by atoms with van der Waals surface area (Å²) in [4.78, 5) is 15.3. The van der Waals surface area contributed by atoms with Crippen LogP contribution < -0.4 is 9.47 Å². The van der Waals surface area contributed by atoms with Gasteiger partial charge < -0.3 is 18.6 Å². The summed E-state index contributed by atoms with van der Waals surface area (Å²) in [5.41, 5.74) is 0.372. The van der Waals surface area contributed by atoms with E-state index < -0.39 is 5.97 Å². The summed E-state index contributed by atoms with van der Waals surface area (Å²) in [5.74, 6) is 0.170. The van der Waals surface area contributed by atoms with Crippen LogP contribution in [0.25, 0.3) is 0 Å². The molecule has 2 rings (SSSR count). The van der Waals surface area contributed by atoms with Crippen molar-refractivity contribution in [3.63, 3.8) is 0 Å². The molecule has 0 saturated carbocycles. The average Bonchev–Trinajstić information content (AvgIpc) is 2.95. The van der Waals surface area contributed by atoms with E-state index in [2.05, 4.69) is 4.98 Å². The van der Waals surface area contributed by atoms with Crippen LogP contribution in [0, 0.1) is 11.3 Å². The lowest BCUT2D eigenvalue weighted by molar-refractivity contribution is 0.0519. The van der Waals surface area contributed by atoms with E-state index in [4.69, 9.17) is 23.9 Å². The molecule has 7 heteroatoms. The molecule has 1 aromatic carbocycles. The molecule has 0 amide bonds. The van der Waals surface area contributed by atoms with Crippen molar-refractivity contribution in [2.75, 3.05) is 13.7 Å². The molecule has 0 saturated heterocycles. The van der Waals surface area contributed by atoms with E-state index >= 15 is 0 Å². The van der Waals surface area contributed by atoms with Gasteiger partial charge in [-0.25, -0.2) is 4.79 Å². The zero-order chi connectivity index (χ0) is 15.2. The van der Waals surface area contributed by atoms with Gasteiger partial charge in [0.2, 0.25) is 0 Å². The number of oxazole rings is 1. The summed E-state index contributed by atoms with van der Waals surface area (Å²) >= 11 is 0. The number of nitrogens with zero attached hydrogens (tertiary/aromatic N) is 2. The van der Waals surface area contributed by atoms with Crippen molar-refractivity contribution in [1.29, 1.82) is 5.26 Å². The first-order chi connectivity index (χ1) is 10.2. The third-order valence-corrected chi connectivity index (χ3v) is 2.42. The van der Waals surface area contributed by atoms with Gasteiger partial charge in [0.15, 0.2) is 5.69 Å². The first-order valence-electron chi connectivity index (χ1n) is 6.06. The molecule has 1 aromatic heterocycles. The van der Waals surface area contributed by atoms with Gasteiger partial charge in [-0.05, 0) is 19.1 Å². The van der Waals surface area contributed by atoms with Gasteiger partial charge in [0.1, 0.15) is 17.8 Å². The Hall–Kier alpha value is -3.01. The van der Waals surface area contributed by atoms with Gasteiger partial charge in [0, 0.05) is 6.07 Å². The fourth-order valence-electron chi connectivity index (χ4n) is 1.52. The number of aromatic nitrogens is 1. The molecule has 2 aromatic rings. The highest BCUT2D eigenvalue weighted by atomic mass is 16.6. The molecule has 0 N–H and O–H groups in total. The number of rotatable bonds is 5. The Morgan fingerprint density at radius 1 is 1.38 bits per heavy atom. The highest BCUT2D eigenvalue weighted by Gasteiger charge is 2.15. The Bertz CT molecular complexity index is 687. The van der Waals surface area contributed by atoms with Crippen molar-refractivity contribution >= 4 is 5.97 Å². The molecule has 0 aliphatic heterocycles. The highest BCUT2D eigenvalue weighted by Crippen LogP contribution is 2.26. The second-order valence-corrected chi connectivity index (χ2v) is 3.83. The zero-order valence-electron chi connectivity index (χ0n) is 11.5. The second kappa shape index (κ2) is 6.43. The van der Waals surface area contributed by atoms with E-state index in [1.807, 2.05) is 6.07 Å². The van der Waals surface area contributed by atoms with Gasteiger partial charge in [0.05, 0.1) is 25.3 Å². The van der Waals surface area contributed by atoms with Crippen molar-refractivity contribution in [3.05, 3.63) is 35.7 Å². The number of esters is 1. The van der Waals surface area contributed by atoms with E-state index in [9.17, 15) is 4.79 Å². The van der Waals surface area contributed by atoms with Crippen LogP contribution in [-0.2, 0) is 4.74 Å². The van der Waals surface area contributed by atoms with Gasteiger partial charge >= 0.3 is 12.0 Å². The van der Waals surface area contributed by atoms with Gasteiger partial charge in [-0.1, -0.05) is 0 Å². The molecule has 0 spiro atoms. The molecule has 7 nitrogen and oxygen atoms in total. The smallest absolute Gasteiger partial charge is 0.399 e. The summed E-state index contributed by atoms with van der Waals surface area (Å²) in [6, 6.07) is 6.61. The number of benzene rings is 1. The summed E-state index contributed by atoms with van der Waals surface area (Å²) in [6.07, 6.45) is 1.01. The summed E-state index contributed by atoms with van der Waals surface area (Å²) in [6.45, 7) is 1.93. The number of ether oxygens (including phenoxy) is 3. The minimum Gasteiger partial charge on any atom is -0.497 e. The van der Waals surface area contributed by atoms with Crippen molar-refractivity contribution in [2.24, 2.45) is 0 Å². The number of carbonyl (C=O) groups is 1. The van der Waals surface area contributed by atoms with E-state index in [0.29, 0.717) is 17.1 Å². The first-order valence-corrected chi connectivity index (χ1v) is 6.06. The Kier molecular flexibility index (Phi) is 4.41. The number of methoxy groups -OCH3 is 1. The Morgan fingerprint density at radius 3 is 2.81 bits per heavy atom. The summed E-state index contributed by atoms with van der Waals surface area (Å²) < 4.78 is 20.2. The van der Waals surface area contributed by atoms with Crippen molar-refractivity contribution < 1.29 is 23.4 Å². The van der Waals surface area contributed by atoms with Crippen LogP contribution in [0.5, 0.6) is 17.6 Å². The van der Waals surface area contributed by atoms with Crippen molar-refractivity contribution in [2.45, 2.75) is 6.92 Å². The Morgan fingerprint density at radius 2 is 2.14 bits per heavy atom. The normalized spacial score (nSPS) is 9.76. The monoisotopic (exact) mass is 288 g/mol. The molecule has 0 fully saturated rings. The predicted octanol–water partition coefficient (Wildman–Crippen LogP) is 2.52. The maximum atomic E-state index is 11.4. The fourth-order valence-corrected chi connectivity index (χ4v) is 1.52. The number of hydrogen-bond acceptors (Lipinski definition) is 7. The van der Waals surface area contributed by atoms with Crippen LogP contribution in [0.2, 0.25) is 0 Å². The lowest BCUT2D eigenvalue weighted by Crippen LogP contribution is -2.04. The predicted molar refractivity (Wildman–Crippen MR) is 70.2 cm³/mol. The maximum absolute atomic E-state index is 11.4. The second-order valence-electron chi connectivity index (χ2n) is 3.83. The van der Waals surface area contributed by atoms with Crippen LogP contribution in [0.3, 0.4) is 0 Å². The lowest BCUT2D eigenvalue weighted by Gasteiger charge is -2.04. The number of nitriles is 1. The average molecular weight is 288 g/mol. The van der Waals surface area contributed by atoms with E-state index in [1.165, 1.54) is 13.2 Å². The fraction of sp³-hybridized carbons (Fsp3) is 0.214. The molecule has 0 bridgehead atoms. The lowest BCUT2D eigenvalue weighted by atomic mass is 10.2. The minimum atomic E-state index is -0.598. The standard InChI is InChI=1S/C14H12N2O5/c1-3-19-13(17)12-8-20-14(16-12)21-11-5-9(7-15)4-10(6-11)18-2/h4-6,8H,3H2,1-2H3. The molecule has 0 aliphatic carbocycles. The maximum Gasteiger partial charge on any atom is 0.399 e. The number of hydrogen-bond donors (Lipinski definition) is 0. The molecule has 21 heavy (non-hydrogen) atoms. The van der Waals surface area contributed by atoms with Crippen molar-refractivity contribution in [3.8, 4) is 23.6 Å². The SMILES string of the molecule is CCOC(=O)c1coc(Oc2cc(C#N)cc(OC)c2)n1. The summed E-state index contributed by atoms with van der Waals surface area (Å²) in [5, 5.41) is 8.92.